The van der Waals surface area contributed by atoms with Gasteiger partial charge in [-0.1, -0.05) is 0 Å². The maximum Gasteiger partial charge on any atom is 0.256 e. The van der Waals surface area contributed by atoms with Gasteiger partial charge in [-0.3, -0.25) is 9.59 Å². The van der Waals surface area contributed by atoms with Gasteiger partial charge in [0, 0.05) is 61.9 Å². The lowest BCUT2D eigenvalue weighted by atomic mass is 10.1. The molecule has 0 bridgehead atoms. The number of carbonyl (C=O) groups excluding carboxylic acids is 2. The van der Waals surface area contributed by atoms with E-state index in [9.17, 15) is 18.0 Å². The highest BCUT2D eigenvalue weighted by atomic mass is 32.2. The summed E-state index contributed by atoms with van der Waals surface area (Å²) in [6.07, 6.45) is 4.06. The fourth-order valence-corrected chi connectivity index (χ4v) is 8.58. The summed E-state index contributed by atoms with van der Waals surface area (Å²) in [6.45, 7) is 3.79. The summed E-state index contributed by atoms with van der Waals surface area (Å²) in [7, 11) is -3.15. The molecule has 1 aliphatic carbocycles. The minimum Gasteiger partial charge on any atom is -0.371 e. The Labute approximate surface area is 199 Å². The molecule has 0 radical (unpaired) electrons. The van der Waals surface area contributed by atoms with E-state index in [1.54, 1.807) is 11.8 Å². The first-order valence-electron chi connectivity index (χ1n) is 12.0. The van der Waals surface area contributed by atoms with Crippen molar-refractivity contribution in [2.24, 2.45) is 5.92 Å². The van der Waals surface area contributed by atoms with Crippen molar-refractivity contribution < 1.29 is 18.0 Å². The van der Waals surface area contributed by atoms with Gasteiger partial charge in [-0.15, -0.1) is 0 Å². The third kappa shape index (κ3) is 5.02. The smallest absolute Gasteiger partial charge is 0.256 e. The highest BCUT2D eigenvalue weighted by Gasteiger charge is 2.39. The Bertz CT molecular complexity index is 1020. The van der Waals surface area contributed by atoms with Crippen molar-refractivity contribution in [1.82, 2.24) is 10.2 Å². The molecule has 1 aromatic rings. The van der Waals surface area contributed by atoms with Gasteiger partial charge in [0.1, 0.15) is 0 Å². The highest BCUT2D eigenvalue weighted by Crippen LogP contribution is 2.34. The number of hydrogen-bond donors (Lipinski definition) is 2. The second-order valence-electron chi connectivity index (χ2n) is 9.46. The van der Waals surface area contributed by atoms with Crippen LogP contribution in [-0.4, -0.2) is 86.4 Å². The number of nitrogens with zero attached hydrogens (tertiary/aromatic N) is 2. The topological polar surface area (TPSA) is 98.8 Å². The molecule has 10 heteroatoms. The van der Waals surface area contributed by atoms with Crippen molar-refractivity contribution in [1.29, 1.82) is 0 Å². The number of benzene rings is 1. The number of thioether (sulfide) groups is 1. The zero-order valence-corrected chi connectivity index (χ0v) is 20.4. The molecule has 4 fully saturated rings. The van der Waals surface area contributed by atoms with Gasteiger partial charge in [-0.2, -0.15) is 11.8 Å². The minimum atomic E-state index is -3.15. The molecule has 3 saturated heterocycles. The fourth-order valence-electron chi connectivity index (χ4n) is 4.95. The van der Waals surface area contributed by atoms with Crippen LogP contribution in [0.1, 0.15) is 36.0 Å². The van der Waals surface area contributed by atoms with Gasteiger partial charge < -0.3 is 20.4 Å². The summed E-state index contributed by atoms with van der Waals surface area (Å²) in [5.41, 5.74) is 2.24. The molecular weight excluding hydrogens is 460 g/mol. The maximum absolute atomic E-state index is 13.7. The number of amides is 2. The number of nitrogens with one attached hydrogen (secondary N) is 2. The summed E-state index contributed by atoms with van der Waals surface area (Å²) >= 11 is 1.66. The zero-order valence-electron chi connectivity index (χ0n) is 18.8. The van der Waals surface area contributed by atoms with E-state index in [4.69, 9.17) is 0 Å². The summed E-state index contributed by atoms with van der Waals surface area (Å²) in [5.74, 6) is 1.02. The van der Waals surface area contributed by atoms with Crippen molar-refractivity contribution in [2.75, 3.05) is 61.0 Å². The molecule has 2 atom stereocenters. The van der Waals surface area contributed by atoms with E-state index >= 15 is 0 Å². The van der Waals surface area contributed by atoms with E-state index in [2.05, 4.69) is 15.5 Å². The van der Waals surface area contributed by atoms with Crippen molar-refractivity contribution in [3.63, 3.8) is 0 Å². The van der Waals surface area contributed by atoms with Gasteiger partial charge in [-0.05, 0) is 43.9 Å². The van der Waals surface area contributed by atoms with Crippen molar-refractivity contribution in [3.05, 3.63) is 23.8 Å². The quantitative estimate of drug-likeness (QED) is 0.644. The van der Waals surface area contributed by atoms with Gasteiger partial charge in [0.05, 0.1) is 22.3 Å². The third-order valence-electron chi connectivity index (χ3n) is 7.06. The number of anilines is 2. The largest absolute Gasteiger partial charge is 0.371 e. The average Bonchev–Trinajstić information content (AvgIpc) is 3.53. The number of rotatable bonds is 5. The zero-order chi connectivity index (χ0) is 23.0. The average molecular weight is 493 g/mol. The van der Waals surface area contributed by atoms with Crippen LogP contribution >= 0.6 is 11.8 Å². The second kappa shape index (κ2) is 9.46. The first-order valence-corrected chi connectivity index (χ1v) is 14.7. The fraction of sp³-hybridized carbons (Fsp3) is 0.652. The van der Waals surface area contributed by atoms with E-state index in [0.717, 1.165) is 55.9 Å². The Kier molecular flexibility index (Phi) is 6.59. The van der Waals surface area contributed by atoms with Crippen molar-refractivity contribution >= 4 is 44.8 Å². The molecule has 3 heterocycles. The first-order chi connectivity index (χ1) is 15.9. The number of carbonyl (C=O) groups is 2. The summed E-state index contributed by atoms with van der Waals surface area (Å²) in [4.78, 5) is 30.0. The predicted molar refractivity (Wildman–Crippen MR) is 132 cm³/mol. The Balaban J connectivity index is 1.36. The monoisotopic (exact) mass is 492 g/mol. The molecule has 180 valence electrons. The maximum atomic E-state index is 13.7. The van der Waals surface area contributed by atoms with E-state index < -0.39 is 15.1 Å². The third-order valence-corrected chi connectivity index (χ3v) is 10.7. The van der Waals surface area contributed by atoms with E-state index in [1.807, 2.05) is 23.1 Å². The summed E-state index contributed by atoms with van der Waals surface area (Å²) < 4.78 is 25.3. The van der Waals surface area contributed by atoms with Crippen molar-refractivity contribution in [3.8, 4) is 0 Å². The van der Waals surface area contributed by atoms with Crippen LogP contribution in [0.2, 0.25) is 0 Å². The van der Waals surface area contributed by atoms with Gasteiger partial charge in [0.25, 0.3) is 5.91 Å². The number of hydrogen-bond acceptors (Lipinski definition) is 7. The molecule has 4 aliphatic rings. The molecule has 5 rings (SSSR count). The normalized spacial score (nSPS) is 27.4. The Morgan fingerprint density at radius 3 is 2.64 bits per heavy atom. The number of sulfone groups is 1. The van der Waals surface area contributed by atoms with Crippen LogP contribution in [-0.2, 0) is 14.6 Å². The second-order valence-corrected chi connectivity index (χ2v) is 13.1. The Morgan fingerprint density at radius 1 is 1.12 bits per heavy atom. The predicted octanol–water partition coefficient (Wildman–Crippen LogP) is 1.58. The van der Waals surface area contributed by atoms with E-state index in [-0.39, 0.29) is 28.7 Å². The lowest BCUT2D eigenvalue weighted by molar-refractivity contribution is -0.117. The molecule has 33 heavy (non-hydrogen) atoms. The molecule has 3 aliphatic heterocycles. The van der Waals surface area contributed by atoms with E-state index in [0.29, 0.717) is 31.7 Å². The molecule has 0 aromatic heterocycles. The van der Waals surface area contributed by atoms with E-state index in [1.165, 1.54) is 0 Å². The van der Waals surface area contributed by atoms with Crippen LogP contribution in [0.4, 0.5) is 11.4 Å². The van der Waals surface area contributed by atoms with Gasteiger partial charge in [0.15, 0.2) is 9.84 Å². The highest BCUT2D eigenvalue weighted by molar-refractivity contribution is 8.01. The van der Waals surface area contributed by atoms with Crippen LogP contribution < -0.4 is 15.5 Å². The lowest BCUT2D eigenvalue weighted by Crippen LogP contribution is -2.54. The lowest BCUT2D eigenvalue weighted by Gasteiger charge is -2.38. The first kappa shape index (κ1) is 23.0. The molecule has 2 amide bonds. The van der Waals surface area contributed by atoms with Gasteiger partial charge in [0.2, 0.25) is 5.91 Å². The molecule has 8 nitrogen and oxygen atoms in total. The minimum absolute atomic E-state index is 0.0524. The molecule has 1 aromatic carbocycles. The van der Waals surface area contributed by atoms with Gasteiger partial charge in [-0.25, -0.2) is 8.42 Å². The van der Waals surface area contributed by atoms with Crippen LogP contribution in [0, 0.1) is 5.92 Å². The summed E-state index contributed by atoms with van der Waals surface area (Å²) in [6, 6.07) is 5.58. The van der Waals surface area contributed by atoms with Crippen LogP contribution in [0.3, 0.4) is 0 Å². The van der Waals surface area contributed by atoms with Crippen LogP contribution in [0.15, 0.2) is 18.2 Å². The molecule has 2 unspecified atom stereocenters. The molecule has 2 N–H and O–H groups in total. The Hall–Kier alpha value is -1.78. The van der Waals surface area contributed by atoms with Crippen LogP contribution in [0.5, 0.6) is 0 Å². The summed E-state index contributed by atoms with van der Waals surface area (Å²) in [5, 5.41) is 5.64. The molecule has 1 saturated carbocycles. The van der Waals surface area contributed by atoms with Gasteiger partial charge >= 0.3 is 0 Å². The molecule has 0 spiro atoms. The Morgan fingerprint density at radius 2 is 1.91 bits per heavy atom. The molecular formula is C23H32N4O4S2. The SMILES string of the molecule is O=C(Nc1ccc(C(=O)N2CCSC(C3CNCCS3(=O)=O)C2)c(N2CCCC2)c1)C1CC1. The van der Waals surface area contributed by atoms with Crippen LogP contribution in [0.25, 0.3) is 0 Å². The standard InChI is InChI=1S/C23H32N4O4S2/c28-22(16-3-4-16)25-17-5-6-18(19(13-17)26-8-1-2-9-26)23(29)27-10-11-32-20(15-27)21-14-24-7-12-33(21,30)31/h5-6,13,16,20-21,24H,1-4,7-12,14-15H2,(H,25,28). The van der Waals surface area contributed by atoms with Crippen molar-refractivity contribution in [2.45, 2.75) is 36.2 Å².